The number of fused-ring (bicyclic) bond motifs is 1. The van der Waals surface area contributed by atoms with Crippen LogP contribution in [0.1, 0.15) is 43.4 Å². The van der Waals surface area contributed by atoms with Crippen LogP contribution in [0.25, 0.3) is 0 Å². The molecule has 0 saturated carbocycles. The van der Waals surface area contributed by atoms with Crippen LogP contribution >= 0.6 is 0 Å². The standard InChI is InChI=1S/C14H19NO3/c1-3-4-5-11-10-8-12(16)13(18-2)6-9(10)7-14(17)15-11/h6,8,11,16H,3-5,7H2,1-2H3,(H,15,17). The third-order valence-electron chi connectivity index (χ3n) is 3.35. The molecule has 0 aromatic heterocycles. The minimum Gasteiger partial charge on any atom is -0.504 e. The number of benzene rings is 1. The lowest BCUT2D eigenvalue weighted by molar-refractivity contribution is -0.121. The number of phenolic OH excluding ortho intramolecular Hbond substituents is 1. The van der Waals surface area contributed by atoms with E-state index in [1.54, 1.807) is 12.1 Å². The van der Waals surface area contributed by atoms with E-state index in [0.717, 1.165) is 30.4 Å². The minimum absolute atomic E-state index is 0.0120. The summed E-state index contributed by atoms with van der Waals surface area (Å²) in [4.78, 5) is 11.7. The number of ether oxygens (including phenoxy) is 1. The molecule has 2 rings (SSSR count). The zero-order chi connectivity index (χ0) is 13.1. The highest BCUT2D eigenvalue weighted by Gasteiger charge is 2.25. The maximum atomic E-state index is 11.7. The first-order valence-electron chi connectivity index (χ1n) is 6.34. The van der Waals surface area contributed by atoms with E-state index in [4.69, 9.17) is 4.74 Å². The van der Waals surface area contributed by atoms with Crippen LogP contribution < -0.4 is 10.1 Å². The fourth-order valence-electron chi connectivity index (χ4n) is 2.40. The number of carbonyl (C=O) groups excluding carboxylic acids is 1. The summed E-state index contributed by atoms with van der Waals surface area (Å²) >= 11 is 0. The van der Waals surface area contributed by atoms with Crippen LogP contribution in [0.4, 0.5) is 0 Å². The van der Waals surface area contributed by atoms with Gasteiger partial charge in [0.2, 0.25) is 5.91 Å². The second-order valence-electron chi connectivity index (χ2n) is 4.66. The predicted octanol–water partition coefficient (Wildman–Crippen LogP) is 2.30. The van der Waals surface area contributed by atoms with Gasteiger partial charge >= 0.3 is 0 Å². The molecule has 4 nitrogen and oxygen atoms in total. The number of aromatic hydroxyl groups is 1. The molecule has 1 aromatic rings. The molecule has 1 atom stereocenters. The van der Waals surface area contributed by atoms with E-state index in [-0.39, 0.29) is 17.7 Å². The molecule has 1 aromatic carbocycles. The quantitative estimate of drug-likeness (QED) is 0.860. The van der Waals surface area contributed by atoms with Crippen LogP contribution in [0.15, 0.2) is 12.1 Å². The molecule has 1 amide bonds. The number of unbranched alkanes of at least 4 members (excludes halogenated alkanes) is 1. The first-order chi connectivity index (χ1) is 8.65. The second-order valence-corrected chi connectivity index (χ2v) is 4.66. The summed E-state index contributed by atoms with van der Waals surface area (Å²) in [6.07, 6.45) is 3.40. The molecule has 4 heteroatoms. The van der Waals surface area contributed by atoms with Gasteiger partial charge in [0.15, 0.2) is 11.5 Å². The molecule has 0 spiro atoms. The topological polar surface area (TPSA) is 58.6 Å². The van der Waals surface area contributed by atoms with Crippen molar-refractivity contribution in [1.29, 1.82) is 0 Å². The van der Waals surface area contributed by atoms with Crippen molar-refractivity contribution in [2.45, 2.75) is 38.6 Å². The fraction of sp³-hybridized carbons (Fsp3) is 0.500. The van der Waals surface area contributed by atoms with Crippen molar-refractivity contribution >= 4 is 5.91 Å². The maximum Gasteiger partial charge on any atom is 0.224 e. The van der Waals surface area contributed by atoms with Crippen molar-refractivity contribution in [3.05, 3.63) is 23.3 Å². The van der Waals surface area contributed by atoms with Crippen molar-refractivity contribution in [3.8, 4) is 11.5 Å². The second kappa shape index (κ2) is 5.29. The average Bonchev–Trinajstić information content (AvgIpc) is 2.35. The van der Waals surface area contributed by atoms with Crippen LogP contribution in [0, 0.1) is 0 Å². The zero-order valence-electron chi connectivity index (χ0n) is 10.8. The Morgan fingerprint density at radius 1 is 1.50 bits per heavy atom. The van der Waals surface area contributed by atoms with Crippen LogP contribution in [-0.4, -0.2) is 18.1 Å². The van der Waals surface area contributed by atoms with Crippen LogP contribution in [-0.2, 0) is 11.2 Å². The molecular weight excluding hydrogens is 230 g/mol. The lowest BCUT2D eigenvalue weighted by Crippen LogP contribution is -2.35. The first kappa shape index (κ1) is 12.7. The smallest absolute Gasteiger partial charge is 0.224 e. The molecule has 0 radical (unpaired) electrons. The van der Waals surface area contributed by atoms with Gasteiger partial charge in [-0.2, -0.15) is 0 Å². The molecule has 1 unspecified atom stereocenters. The van der Waals surface area contributed by atoms with Crippen molar-refractivity contribution in [1.82, 2.24) is 5.32 Å². The molecule has 0 saturated heterocycles. The van der Waals surface area contributed by atoms with E-state index >= 15 is 0 Å². The van der Waals surface area contributed by atoms with Crippen molar-refractivity contribution in [2.75, 3.05) is 7.11 Å². The van der Waals surface area contributed by atoms with E-state index in [0.29, 0.717) is 12.2 Å². The van der Waals surface area contributed by atoms with E-state index in [2.05, 4.69) is 12.2 Å². The van der Waals surface area contributed by atoms with Crippen molar-refractivity contribution in [3.63, 3.8) is 0 Å². The van der Waals surface area contributed by atoms with Gasteiger partial charge < -0.3 is 15.2 Å². The van der Waals surface area contributed by atoms with E-state index < -0.39 is 0 Å². The van der Waals surface area contributed by atoms with Gasteiger partial charge in [-0.1, -0.05) is 19.8 Å². The lowest BCUT2D eigenvalue weighted by Gasteiger charge is -2.27. The Morgan fingerprint density at radius 3 is 2.94 bits per heavy atom. The van der Waals surface area contributed by atoms with Crippen LogP contribution in [0.3, 0.4) is 0 Å². The van der Waals surface area contributed by atoms with Gasteiger partial charge in [-0.15, -0.1) is 0 Å². The Hall–Kier alpha value is -1.71. The number of carbonyl (C=O) groups is 1. The molecular formula is C14H19NO3. The van der Waals surface area contributed by atoms with E-state index in [9.17, 15) is 9.90 Å². The Labute approximate surface area is 107 Å². The summed E-state index contributed by atoms with van der Waals surface area (Å²) in [5, 5.41) is 12.8. The Balaban J connectivity index is 2.35. The van der Waals surface area contributed by atoms with Gasteiger partial charge in [-0.05, 0) is 29.7 Å². The highest BCUT2D eigenvalue weighted by Crippen LogP contribution is 2.36. The van der Waals surface area contributed by atoms with Crippen LogP contribution in [0.2, 0.25) is 0 Å². The highest BCUT2D eigenvalue weighted by atomic mass is 16.5. The molecule has 98 valence electrons. The molecule has 2 N–H and O–H groups in total. The number of rotatable bonds is 4. The van der Waals surface area contributed by atoms with Crippen molar-refractivity contribution in [2.24, 2.45) is 0 Å². The van der Waals surface area contributed by atoms with Crippen molar-refractivity contribution < 1.29 is 14.6 Å². The summed E-state index contributed by atoms with van der Waals surface area (Å²) in [7, 11) is 1.51. The Kier molecular flexibility index (Phi) is 3.75. The van der Waals surface area contributed by atoms with E-state index in [1.165, 1.54) is 7.11 Å². The van der Waals surface area contributed by atoms with Gasteiger partial charge in [0.1, 0.15) is 0 Å². The number of amides is 1. The number of hydrogen-bond acceptors (Lipinski definition) is 3. The molecule has 1 aliphatic rings. The first-order valence-corrected chi connectivity index (χ1v) is 6.34. The SMILES string of the molecule is CCCCC1NC(=O)Cc2cc(OC)c(O)cc21. The predicted molar refractivity (Wildman–Crippen MR) is 68.8 cm³/mol. The monoisotopic (exact) mass is 249 g/mol. The molecule has 1 heterocycles. The molecule has 0 fully saturated rings. The summed E-state index contributed by atoms with van der Waals surface area (Å²) in [5.74, 6) is 0.600. The van der Waals surface area contributed by atoms with Gasteiger partial charge in [0.05, 0.1) is 19.6 Å². The fourth-order valence-corrected chi connectivity index (χ4v) is 2.40. The molecule has 1 aliphatic heterocycles. The molecule has 0 aliphatic carbocycles. The number of hydrogen-bond donors (Lipinski definition) is 2. The van der Waals surface area contributed by atoms with Gasteiger partial charge in [0.25, 0.3) is 0 Å². The number of phenols is 1. The summed E-state index contributed by atoms with van der Waals surface area (Å²) in [5.41, 5.74) is 1.97. The molecule has 0 bridgehead atoms. The minimum atomic E-state index is 0.0120. The third kappa shape index (κ3) is 2.42. The number of methoxy groups -OCH3 is 1. The lowest BCUT2D eigenvalue weighted by atomic mass is 9.90. The zero-order valence-corrected chi connectivity index (χ0v) is 10.8. The summed E-state index contributed by atoms with van der Waals surface area (Å²) < 4.78 is 5.08. The third-order valence-corrected chi connectivity index (χ3v) is 3.35. The van der Waals surface area contributed by atoms with Gasteiger partial charge in [0, 0.05) is 0 Å². The van der Waals surface area contributed by atoms with Crippen LogP contribution in [0.5, 0.6) is 11.5 Å². The normalized spacial score (nSPS) is 18.1. The van der Waals surface area contributed by atoms with Gasteiger partial charge in [-0.3, -0.25) is 4.79 Å². The summed E-state index contributed by atoms with van der Waals surface area (Å²) in [6.45, 7) is 2.12. The summed E-state index contributed by atoms with van der Waals surface area (Å²) in [6, 6.07) is 3.49. The number of nitrogens with one attached hydrogen (secondary N) is 1. The van der Waals surface area contributed by atoms with Gasteiger partial charge in [-0.25, -0.2) is 0 Å². The Morgan fingerprint density at radius 2 is 2.28 bits per heavy atom. The Bertz CT molecular complexity index is 457. The molecule has 18 heavy (non-hydrogen) atoms. The average molecular weight is 249 g/mol. The maximum absolute atomic E-state index is 11.7. The largest absolute Gasteiger partial charge is 0.504 e. The highest BCUT2D eigenvalue weighted by molar-refractivity contribution is 5.82. The van der Waals surface area contributed by atoms with E-state index in [1.807, 2.05) is 0 Å².